The Bertz CT molecular complexity index is 667. The van der Waals surface area contributed by atoms with Crippen molar-refractivity contribution in [2.75, 3.05) is 13.2 Å². The molecule has 0 unspecified atom stereocenters. The van der Waals surface area contributed by atoms with Crippen molar-refractivity contribution < 1.29 is 9.63 Å². The Balaban J connectivity index is 1.94. The minimum atomic E-state index is -0.108. The fraction of sp³-hybridized carbons (Fsp3) is 0.529. The van der Waals surface area contributed by atoms with Crippen LogP contribution in [0.4, 0.5) is 0 Å². The fourth-order valence-electron chi connectivity index (χ4n) is 2.16. The van der Waals surface area contributed by atoms with Crippen molar-refractivity contribution in [3.05, 3.63) is 33.6 Å². The van der Waals surface area contributed by atoms with Crippen LogP contribution in [0.3, 0.4) is 0 Å². The van der Waals surface area contributed by atoms with Gasteiger partial charge >= 0.3 is 0 Å². The number of hydrogen-bond acceptors (Lipinski definition) is 6. The largest absolute Gasteiger partial charge is 0.384 e. The minimum Gasteiger partial charge on any atom is -0.384 e. The maximum absolute atomic E-state index is 8.74. The normalized spacial score (nSPS) is 11.0. The summed E-state index contributed by atoms with van der Waals surface area (Å²) in [6, 6.07) is 2.07. The molecule has 0 aromatic carbocycles. The van der Waals surface area contributed by atoms with Crippen molar-refractivity contribution in [1.82, 2.24) is 15.0 Å². The van der Waals surface area contributed by atoms with E-state index in [4.69, 9.17) is 9.63 Å². The highest BCUT2D eigenvalue weighted by atomic mass is 32.1. The van der Waals surface area contributed by atoms with Crippen LogP contribution in [-0.2, 0) is 19.5 Å². The van der Waals surface area contributed by atoms with E-state index in [9.17, 15) is 0 Å². The molecule has 5 nitrogen and oxygen atoms in total. The van der Waals surface area contributed by atoms with Crippen LogP contribution in [-0.4, -0.2) is 33.3 Å². The van der Waals surface area contributed by atoms with E-state index >= 15 is 0 Å². The maximum atomic E-state index is 8.74. The second kappa shape index (κ2) is 8.82. The zero-order valence-corrected chi connectivity index (χ0v) is 14.7. The van der Waals surface area contributed by atoms with Gasteiger partial charge in [0.25, 0.3) is 0 Å². The summed E-state index contributed by atoms with van der Waals surface area (Å²) in [4.78, 5) is 7.96. The van der Waals surface area contributed by atoms with Crippen LogP contribution >= 0.6 is 11.3 Å². The third-order valence-electron chi connectivity index (χ3n) is 3.25. The van der Waals surface area contributed by atoms with E-state index in [-0.39, 0.29) is 6.61 Å². The molecule has 0 saturated carbocycles. The number of aliphatic hydroxyl groups is 1. The summed E-state index contributed by atoms with van der Waals surface area (Å²) >= 11 is 1.68. The Kier molecular flexibility index (Phi) is 6.78. The molecule has 0 bridgehead atoms. The summed E-state index contributed by atoms with van der Waals surface area (Å²) in [7, 11) is 0. The molecular formula is C17H23N3O2S. The molecule has 0 atom stereocenters. The lowest BCUT2D eigenvalue weighted by Crippen LogP contribution is -2.22. The summed E-state index contributed by atoms with van der Waals surface area (Å²) in [5.74, 6) is 7.56. The molecule has 6 heteroatoms. The predicted octanol–water partition coefficient (Wildman–Crippen LogP) is 2.70. The summed E-state index contributed by atoms with van der Waals surface area (Å²) in [5.41, 5.74) is 0.953. The van der Waals surface area contributed by atoms with E-state index in [1.165, 1.54) is 4.88 Å². The van der Waals surface area contributed by atoms with Crippen LogP contribution in [0.25, 0.3) is 0 Å². The minimum absolute atomic E-state index is 0.108. The van der Waals surface area contributed by atoms with E-state index in [2.05, 4.69) is 53.7 Å². The van der Waals surface area contributed by atoms with E-state index in [1.807, 2.05) is 5.38 Å². The van der Waals surface area contributed by atoms with Gasteiger partial charge in [0.2, 0.25) is 5.89 Å². The molecule has 2 rings (SSSR count). The van der Waals surface area contributed by atoms with Crippen molar-refractivity contribution in [1.29, 1.82) is 0 Å². The van der Waals surface area contributed by atoms with Gasteiger partial charge in [-0.15, -0.1) is 11.3 Å². The third-order valence-corrected chi connectivity index (χ3v) is 4.17. The highest BCUT2D eigenvalue weighted by molar-refractivity contribution is 7.10. The average molecular weight is 333 g/mol. The second-order valence-electron chi connectivity index (χ2n) is 5.77. The number of hydrogen-bond donors (Lipinski definition) is 1. The van der Waals surface area contributed by atoms with Gasteiger partial charge in [0.1, 0.15) is 6.61 Å². The van der Waals surface area contributed by atoms with E-state index in [0.29, 0.717) is 18.4 Å². The Morgan fingerprint density at radius 2 is 2.22 bits per heavy atom. The predicted molar refractivity (Wildman–Crippen MR) is 90.9 cm³/mol. The fourth-order valence-corrected chi connectivity index (χ4v) is 3.01. The van der Waals surface area contributed by atoms with Gasteiger partial charge < -0.3 is 9.63 Å². The van der Waals surface area contributed by atoms with Gasteiger partial charge in [0, 0.05) is 28.8 Å². The van der Waals surface area contributed by atoms with E-state index < -0.39 is 0 Å². The number of aromatic nitrogens is 2. The standard InChI is InChI=1S/C17H23N3O2S/c1-4-20(10-15-9-14(12-23-15)6-5-7-21)11-16-18-17(22-19-16)8-13(2)3/h9,12-13,21H,4,7-8,10-11H2,1-3H3. The topological polar surface area (TPSA) is 62.4 Å². The number of thiophene rings is 1. The van der Waals surface area contributed by atoms with Crippen molar-refractivity contribution in [3.63, 3.8) is 0 Å². The molecule has 0 spiro atoms. The molecule has 0 aliphatic heterocycles. The molecule has 0 saturated heterocycles. The van der Waals surface area contributed by atoms with Crippen LogP contribution in [0.1, 0.15) is 42.9 Å². The lowest BCUT2D eigenvalue weighted by atomic mass is 10.1. The summed E-state index contributed by atoms with van der Waals surface area (Å²) in [6.45, 7) is 8.69. The Labute approximate surface area is 141 Å². The molecule has 0 aliphatic rings. The number of aliphatic hydroxyl groups excluding tert-OH is 1. The molecule has 23 heavy (non-hydrogen) atoms. The summed E-state index contributed by atoms with van der Waals surface area (Å²) < 4.78 is 5.29. The first-order valence-electron chi connectivity index (χ1n) is 7.81. The molecule has 0 fully saturated rings. The van der Waals surface area contributed by atoms with E-state index in [0.717, 1.165) is 30.9 Å². The molecule has 0 amide bonds. The van der Waals surface area contributed by atoms with Gasteiger partial charge in [0.15, 0.2) is 5.82 Å². The zero-order valence-electron chi connectivity index (χ0n) is 13.9. The molecular weight excluding hydrogens is 310 g/mol. The van der Waals surface area contributed by atoms with Gasteiger partial charge in [-0.1, -0.05) is 37.8 Å². The van der Waals surface area contributed by atoms with Crippen LogP contribution in [0.5, 0.6) is 0 Å². The first-order chi connectivity index (χ1) is 11.1. The first kappa shape index (κ1) is 17.7. The van der Waals surface area contributed by atoms with Gasteiger partial charge in [-0.3, -0.25) is 4.90 Å². The summed E-state index contributed by atoms with van der Waals surface area (Å²) in [6.07, 6.45) is 0.816. The third kappa shape index (κ3) is 5.79. The molecule has 0 radical (unpaired) electrons. The zero-order chi connectivity index (χ0) is 16.7. The quantitative estimate of drug-likeness (QED) is 0.789. The van der Waals surface area contributed by atoms with Crippen molar-refractivity contribution in [3.8, 4) is 11.8 Å². The van der Waals surface area contributed by atoms with Gasteiger partial charge in [-0.05, 0) is 18.5 Å². The molecule has 2 heterocycles. The van der Waals surface area contributed by atoms with E-state index in [1.54, 1.807) is 11.3 Å². The van der Waals surface area contributed by atoms with Gasteiger partial charge in [-0.25, -0.2) is 0 Å². The van der Waals surface area contributed by atoms with Crippen LogP contribution in [0.15, 0.2) is 16.0 Å². The molecule has 124 valence electrons. The Morgan fingerprint density at radius 1 is 1.39 bits per heavy atom. The molecule has 0 aliphatic carbocycles. The molecule has 2 aromatic rings. The highest BCUT2D eigenvalue weighted by Crippen LogP contribution is 2.17. The smallest absolute Gasteiger partial charge is 0.226 e. The lowest BCUT2D eigenvalue weighted by molar-refractivity contribution is 0.260. The van der Waals surface area contributed by atoms with Crippen molar-refractivity contribution in [2.24, 2.45) is 5.92 Å². The maximum Gasteiger partial charge on any atom is 0.226 e. The monoisotopic (exact) mass is 333 g/mol. The van der Waals surface area contributed by atoms with Crippen LogP contribution in [0.2, 0.25) is 0 Å². The van der Waals surface area contributed by atoms with Crippen molar-refractivity contribution in [2.45, 2.75) is 40.3 Å². The Hall–Kier alpha value is -1.68. The molecule has 2 aromatic heterocycles. The van der Waals surface area contributed by atoms with Gasteiger partial charge in [0.05, 0.1) is 6.54 Å². The molecule has 1 N–H and O–H groups in total. The van der Waals surface area contributed by atoms with Crippen LogP contribution < -0.4 is 0 Å². The summed E-state index contributed by atoms with van der Waals surface area (Å²) in [5, 5.41) is 14.8. The van der Waals surface area contributed by atoms with Crippen LogP contribution in [0, 0.1) is 17.8 Å². The lowest BCUT2D eigenvalue weighted by Gasteiger charge is -2.17. The SMILES string of the molecule is CCN(Cc1noc(CC(C)C)n1)Cc1cc(C#CCO)cs1. The van der Waals surface area contributed by atoms with Gasteiger partial charge in [-0.2, -0.15) is 4.98 Å². The number of rotatable bonds is 7. The Morgan fingerprint density at radius 3 is 2.91 bits per heavy atom. The number of nitrogens with zero attached hydrogens (tertiary/aromatic N) is 3. The highest BCUT2D eigenvalue weighted by Gasteiger charge is 2.12. The van der Waals surface area contributed by atoms with Crippen molar-refractivity contribution >= 4 is 11.3 Å². The first-order valence-corrected chi connectivity index (χ1v) is 8.69. The second-order valence-corrected chi connectivity index (χ2v) is 6.76. The average Bonchev–Trinajstić information content (AvgIpc) is 3.13.